The zero-order valence-corrected chi connectivity index (χ0v) is 14.0. The van der Waals surface area contributed by atoms with E-state index < -0.39 is 0 Å². The van der Waals surface area contributed by atoms with Crippen LogP contribution in [0.25, 0.3) is 22.0 Å². The van der Waals surface area contributed by atoms with Gasteiger partial charge in [-0.1, -0.05) is 7.43 Å². The molecule has 7 heteroatoms. The maximum atomic E-state index is 13.3. The van der Waals surface area contributed by atoms with Crippen molar-refractivity contribution in [3.63, 3.8) is 0 Å². The van der Waals surface area contributed by atoms with Crippen molar-refractivity contribution in [3.8, 4) is 11.1 Å². The van der Waals surface area contributed by atoms with E-state index in [1.165, 1.54) is 12.1 Å². The first kappa shape index (κ1) is 18.0. The summed E-state index contributed by atoms with van der Waals surface area (Å²) in [5, 5.41) is 8.17. The van der Waals surface area contributed by atoms with Crippen LogP contribution < -0.4 is 5.32 Å². The van der Waals surface area contributed by atoms with Crippen LogP contribution in [0, 0.1) is 5.82 Å². The summed E-state index contributed by atoms with van der Waals surface area (Å²) in [5.41, 5.74) is 2.80. The molecule has 1 aliphatic heterocycles. The van der Waals surface area contributed by atoms with Crippen molar-refractivity contribution >= 4 is 16.9 Å². The highest BCUT2D eigenvalue weighted by Crippen LogP contribution is 2.30. The van der Waals surface area contributed by atoms with Crippen molar-refractivity contribution in [1.82, 2.24) is 25.0 Å². The van der Waals surface area contributed by atoms with E-state index in [0.717, 1.165) is 48.0 Å². The van der Waals surface area contributed by atoms with Gasteiger partial charge >= 0.3 is 6.03 Å². The Balaban J connectivity index is 0.00000196. The number of carbonyl (C=O) groups excluding carboxylic acids is 1. The van der Waals surface area contributed by atoms with Crippen molar-refractivity contribution in [1.29, 1.82) is 0 Å². The number of urea groups is 1. The molecule has 2 aromatic heterocycles. The average Bonchev–Trinajstić information content (AvgIpc) is 3.27. The predicted octanol–water partition coefficient (Wildman–Crippen LogP) is 3.78. The number of H-pyrrole nitrogens is 1. The van der Waals surface area contributed by atoms with E-state index in [1.807, 2.05) is 28.2 Å². The summed E-state index contributed by atoms with van der Waals surface area (Å²) >= 11 is 0. The Kier molecular flexibility index (Phi) is 4.97. The van der Waals surface area contributed by atoms with Gasteiger partial charge in [0.05, 0.1) is 12.2 Å². The fraction of sp³-hybridized carbons (Fsp3) is 0.368. The molecule has 0 aliphatic carbocycles. The molecular weight excluding hydrogens is 333 g/mol. The maximum absolute atomic E-state index is 13.3. The number of nitrogens with zero attached hydrogens (tertiary/aromatic N) is 3. The lowest BCUT2D eigenvalue weighted by atomic mass is 10.1. The summed E-state index contributed by atoms with van der Waals surface area (Å²) < 4.78 is 15.3. The highest BCUT2D eigenvalue weighted by molar-refractivity contribution is 5.95. The summed E-state index contributed by atoms with van der Waals surface area (Å²) in [6.07, 6.45) is 7.53. The second-order valence-electron chi connectivity index (χ2n) is 6.37. The molecule has 3 aromatic rings. The minimum Gasteiger partial charge on any atom is -0.360 e. The molecule has 4 rings (SSSR count). The number of nitrogens with one attached hydrogen (secondary N) is 2. The predicted molar refractivity (Wildman–Crippen MR) is 101 cm³/mol. The van der Waals surface area contributed by atoms with Crippen LogP contribution in [0.3, 0.4) is 0 Å². The molecule has 0 atom stereocenters. The average molecular weight is 357 g/mol. The third-order valence-corrected chi connectivity index (χ3v) is 4.90. The minimum absolute atomic E-state index is 0. The van der Waals surface area contributed by atoms with Gasteiger partial charge in [0.2, 0.25) is 0 Å². The van der Waals surface area contributed by atoms with Crippen LogP contribution in [0.5, 0.6) is 0 Å². The van der Waals surface area contributed by atoms with Crippen LogP contribution in [0.2, 0.25) is 0 Å². The zero-order chi connectivity index (χ0) is 17.4. The van der Waals surface area contributed by atoms with Gasteiger partial charge in [-0.25, -0.2) is 9.18 Å². The van der Waals surface area contributed by atoms with Crippen molar-refractivity contribution in [2.45, 2.75) is 26.3 Å². The fourth-order valence-corrected chi connectivity index (χ4v) is 3.51. The van der Waals surface area contributed by atoms with E-state index in [-0.39, 0.29) is 25.3 Å². The van der Waals surface area contributed by atoms with E-state index in [1.54, 1.807) is 13.1 Å². The third-order valence-electron chi connectivity index (χ3n) is 4.90. The molecule has 1 fully saturated rings. The molecule has 0 spiro atoms. The van der Waals surface area contributed by atoms with Gasteiger partial charge in [-0.05, 0) is 31.0 Å². The smallest absolute Gasteiger partial charge is 0.317 e. The SMILES string of the molecule is C.CNC(=O)N1CCC(n2cc(-c3c[nH]c4cc(F)ccc34)cn2)CC1. The summed E-state index contributed by atoms with van der Waals surface area (Å²) in [7, 11) is 1.65. The number of piperidine rings is 1. The van der Waals surface area contributed by atoms with E-state index in [0.29, 0.717) is 0 Å². The molecule has 1 aromatic carbocycles. The topological polar surface area (TPSA) is 66.0 Å². The van der Waals surface area contributed by atoms with Gasteiger partial charge < -0.3 is 15.2 Å². The number of fused-ring (bicyclic) bond motifs is 1. The van der Waals surface area contributed by atoms with E-state index >= 15 is 0 Å². The molecule has 0 radical (unpaired) electrons. The van der Waals surface area contributed by atoms with Crippen LogP contribution in [0.15, 0.2) is 36.8 Å². The first-order valence-electron chi connectivity index (χ1n) is 8.43. The van der Waals surface area contributed by atoms with Gasteiger partial charge in [-0.2, -0.15) is 5.10 Å². The van der Waals surface area contributed by atoms with E-state index in [2.05, 4.69) is 15.4 Å². The second kappa shape index (κ2) is 7.19. The lowest BCUT2D eigenvalue weighted by molar-refractivity contribution is 0.170. The number of hydrogen-bond acceptors (Lipinski definition) is 2. The number of carbonyl (C=O) groups is 1. The molecule has 1 saturated heterocycles. The fourth-order valence-electron chi connectivity index (χ4n) is 3.51. The molecule has 0 saturated carbocycles. The van der Waals surface area contributed by atoms with Crippen LogP contribution in [-0.4, -0.2) is 45.8 Å². The third kappa shape index (κ3) is 3.16. The maximum Gasteiger partial charge on any atom is 0.317 e. The number of likely N-dealkylation sites (tertiary alicyclic amines) is 1. The Bertz CT molecular complexity index is 908. The number of amides is 2. The minimum atomic E-state index is -0.250. The molecule has 138 valence electrons. The molecule has 0 unspecified atom stereocenters. The number of halogens is 1. The number of benzene rings is 1. The normalized spacial score (nSPS) is 15.1. The van der Waals surface area contributed by atoms with Crippen LogP contribution in [0.1, 0.15) is 26.3 Å². The summed E-state index contributed by atoms with van der Waals surface area (Å²) in [5.74, 6) is -0.250. The molecule has 2 amide bonds. The quantitative estimate of drug-likeness (QED) is 0.733. The Morgan fingerprint density at radius 2 is 2.12 bits per heavy atom. The number of rotatable bonds is 2. The van der Waals surface area contributed by atoms with Gasteiger partial charge in [-0.3, -0.25) is 4.68 Å². The molecule has 0 bridgehead atoms. The number of aromatic nitrogens is 3. The Labute approximate surface area is 152 Å². The van der Waals surface area contributed by atoms with Crippen molar-refractivity contribution in [2.75, 3.05) is 20.1 Å². The van der Waals surface area contributed by atoms with Crippen LogP contribution >= 0.6 is 0 Å². The molecule has 6 nitrogen and oxygen atoms in total. The number of aromatic amines is 1. The highest BCUT2D eigenvalue weighted by Gasteiger charge is 2.24. The van der Waals surface area contributed by atoms with Gasteiger partial charge in [0.1, 0.15) is 5.82 Å². The van der Waals surface area contributed by atoms with Crippen molar-refractivity contribution in [2.24, 2.45) is 0 Å². The van der Waals surface area contributed by atoms with E-state index in [4.69, 9.17) is 0 Å². The van der Waals surface area contributed by atoms with Gasteiger partial charge in [-0.15, -0.1) is 0 Å². The van der Waals surface area contributed by atoms with Gasteiger partial charge in [0.25, 0.3) is 0 Å². The summed E-state index contributed by atoms with van der Waals surface area (Å²) in [6.45, 7) is 1.46. The first-order chi connectivity index (χ1) is 12.2. The Morgan fingerprint density at radius 1 is 1.35 bits per heavy atom. The summed E-state index contributed by atoms with van der Waals surface area (Å²) in [6, 6.07) is 5.02. The molecule has 1 aliphatic rings. The second-order valence-corrected chi connectivity index (χ2v) is 6.37. The summed E-state index contributed by atoms with van der Waals surface area (Å²) in [4.78, 5) is 16.6. The lowest BCUT2D eigenvalue weighted by Crippen LogP contribution is -2.43. The van der Waals surface area contributed by atoms with Crippen molar-refractivity contribution < 1.29 is 9.18 Å². The molecule has 2 N–H and O–H groups in total. The van der Waals surface area contributed by atoms with E-state index in [9.17, 15) is 9.18 Å². The standard InChI is InChI=1S/C18H20FN5O.CH4/c1-20-18(25)23-6-4-14(5-7-23)24-11-12(9-22-24)16-10-21-17-8-13(19)2-3-15(16)17;/h2-3,8-11,14,21H,4-7H2,1H3,(H,20,25);1H4. The van der Waals surface area contributed by atoms with Crippen LogP contribution in [0.4, 0.5) is 9.18 Å². The Morgan fingerprint density at radius 3 is 2.85 bits per heavy atom. The first-order valence-corrected chi connectivity index (χ1v) is 8.43. The zero-order valence-electron chi connectivity index (χ0n) is 14.0. The number of hydrogen-bond donors (Lipinski definition) is 2. The molecular formula is C19H24FN5O. The van der Waals surface area contributed by atoms with Gasteiger partial charge in [0.15, 0.2) is 0 Å². The highest BCUT2D eigenvalue weighted by atomic mass is 19.1. The monoisotopic (exact) mass is 357 g/mol. The van der Waals surface area contributed by atoms with Gasteiger partial charge in [0, 0.05) is 54.6 Å². The van der Waals surface area contributed by atoms with Crippen molar-refractivity contribution in [3.05, 3.63) is 42.6 Å². The lowest BCUT2D eigenvalue weighted by Gasteiger charge is -2.31. The molecule has 3 heterocycles. The van der Waals surface area contributed by atoms with Crippen LogP contribution in [-0.2, 0) is 0 Å². The molecule has 26 heavy (non-hydrogen) atoms. The largest absolute Gasteiger partial charge is 0.360 e. The Hall–Kier alpha value is -2.83.